The van der Waals surface area contributed by atoms with Gasteiger partial charge in [0.05, 0.1) is 17.1 Å². The number of rotatable bonds is 10. The number of nitrogens with one attached hydrogen (secondary N) is 4. The zero-order chi connectivity index (χ0) is 26.7. The molecule has 0 aliphatic heterocycles. The molecule has 3 amide bonds. The van der Waals surface area contributed by atoms with Crippen molar-refractivity contribution in [3.63, 3.8) is 0 Å². The van der Waals surface area contributed by atoms with Crippen molar-refractivity contribution >= 4 is 46.4 Å². The second kappa shape index (κ2) is 13.6. The zero-order valence-electron chi connectivity index (χ0n) is 21.3. The van der Waals surface area contributed by atoms with Crippen LogP contribution in [-0.4, -0.2) is 30.3 Å². The van der Waals surface area contributed by atoms with Crippen LogP contribution < -0.4 is 21.3 Å². The summed E-state index contributed by atoms with van der Waals surface area (Å²) in [5.74, 6) is -0.500. The SMILES string of the molecule is O=C(CCc1ccccc1)Nc1ccc(NC(=O)CNc2ccc(Cl)c(C(=O)NC3CCCCC3)c2)cc1. The number of aryl methyl sites for hydroxylation is 1. The first-order chi connectivity index (χ1) is 18.5. The minimum absolute atomic E-state index is 0.0172. The van der Waals surface area contributed by atoms with Gasteiger partial charge in [-0.3, -0.25) is 14.4 Å². The fourth-order valence-corrected chi connectivity index (χ4v) is 4.67. The lowest BCUT2D eigenvalue weighted by molar-refractivity contribution is -0.116. The molecule has 0 radical (unpaired) electrons. The number of hydrogen-bond acceptors (Lipinski definition) is 4. The van der Waals surface area contributed by atoms with Gasteiger partial charge in [-0.25, -0.2) is 0 Å². The molecular weight excluding hydrogens is 500 g/mol. The van der Waals surface area contributed by atoms with Crippen molar-refractivity contribution in [2.45, 2.75) is 51.0 Å². The van der Waals surface area contributed by atoms with Crippen molar-refractivity contribution in [2.75, 3.05) is 22.5 Å². The molecule has 0 aromatic heterocycles. The van der Waals surface area contributed by atoms with E-state index in [0.29, 0.717) is 40.5 Å². The van der Waals surface area contributed by atoms with Crippen molar-refractivity contribution in [3.8, 4) is 0 Å². The van der Waals surface area contributed by atoms with Crippen LogP contribution in [-0.2, 0) is 16.0 Å². The number of hydrogen-bond donors (Lipinski definition) is 4. The highest BCUT2D eigenvalue weighted by Crippen LogP contribution is 2.23. The molecule has 4 N–H and O–H groups in total. The third-order valence-corrected chi connectivity index (χ3v) is 6.87. The molecule has 0 heterocycles. The van der Waals surface area contributed by atoms with Gasteiger partial charge >= 0.3 is 0 Å². The van der Waals surface area contributed by atoms with Gasteiger partial charge in [-0.2, -0.15) is 0 Å². The largest absolute Gasteiger partial charge is 0.376 e. The van der Waals surface area contributed by atoms with Crippen molar-refractivity contribution in [1.82, 2.24) is 5.32 Å². The van der Waals surface area contributed by atoms with Gasteiger partial charge in [0, 0.05) is 29.5 Å². The molecule has 0 spiro atoms. The van der Waals surface area contributed by atoms with Crippen LogP contribution in [0.2, 0.25) is 5.02 Å². The first-order valence-electron chi connectivity index (χ1n) is 13.0. The molecule has 3 aromatic carbocycles. The van der Waals surface area contributed by atoms with Gasteiger partial charge in [-0.15, -0.1) is 0 Å². The van der Waals surface area contributed by atoms with Crippen molar-refractivity contribution < 1.29 is 14.4 Å². The first kappa shape index (κ1) is 27.2. The van der Waals surface area contributed by atoms with Crippen molar-refractivity contribution in [3.05, 3.63) is 88.9 Å². The van der Waals surface area contributed by atoms with Crippen LogP contribution in [0.15, 0.2) is 72.8 Å². The number of carbonyl (C=O) groups is 3. The number of amides is 3. The molecule has 0 unspecified atom stereocenters. The molecule has 4 rings (SSSR count). The molecule has 0 atom stereocenters. The summed E-state index contributed by atoms with van der Waals surface area (Å²) in [6.45, 7) is 0.0172. The average molecular weight is 533 g/mol. The van der Waals surface area contributed by atoms with Gasteiger partial charge in [0.1, 0.15) is 0 Å². The summed E-state index contributed by atoms with van der Waals surface area (Å²) in [5.41, 5.74) is 3.42. The highest BCUT2D eigenvalue weighted by Gasteiger charge is 2.18. The molecular formula is C30H33ClN4O3. The summed E-state index contributed by atoms with van der Waals surface area (Å²) in [6.07, 6.45) is 6.51. The Labute approximate surface area is 228 Å². The molecule has 7 nitrogen and oxygen atoms in total. The molecule has 1 saturated carbocycles. The Balaban J connectivity index is 1.22. The van der Waals surface area contributed by atoms with Gasteiger partial charge < -0.3 is 21.3 Å². The van der Waals surface area contributed by atoms with E-state index in [-0.39, 0.29) is 30.3 Å². The Kier molecular flexibility index (Phi) is 9.76. The van der Waals surface area contributed by atoms with E-state index < -0.39 is 0 Å². The Morgan fingerprint density at radius 2 is 1.39 bits per heavy atom. The highest BCUT2D eigenvalue weighted by atomic mass is 35.5. The summed E-state index contributed by atoms with van der Waals surface area (Å²) in [7, 11) is 0. The van der Waals surface area contributed by atoms with E-state index in [4.69, 9.17) is 11.6 Å². The van der Waals surface area contributed by atoms with Crippen LogP contribution in [0.5, 0.6) is 0 Å². The van der Waals surface area contributed by atoms with Gasteiger partial charge in [-0.1, -0.05) is 61.2 Å². The van der Waals surface area contributed by atoms with Gasteiger partial charge in [0.2, 0.25) is 11.8 Å². The third-order valence-electron chi connectivity index (χ3n) is 6.54. The highest BCUT2D eigenvalue weighted by molar-refractivity contribution is 6.34. The maximum atomic E-state index is 12.7. The van der Waals surface area contributed by atoms with Crippen molar-refractivity contribution in [2.24, 2.45) is 0 Å². The van der Waals surface area contributed by atoms with Gasteiger partial charge in [0.25, 0.3) is 5.91 Å². The second-order valence-corrected chi connectivity index (χ2v) is 9.92. The molecule has 0 bridgehead atoms. The molecule has 38 heavy (non-hydrogen) atoms. The van der Waals surface area contributed by atoms with E-state index in [1.165, 1.54) is 6.42 Å². The van der Waals surface area contributed by atoms with Crippen LogP contribution in [0, 0.1) is 0 Å². The van der Waals surface area contributed by atoms with E-state index in [9.17, 15) is 14.4 Å². The zero-order valence-corrected chi connectivity index (χ0v) is 22.0. The van der Waals surface area contributed by atoms with E-state index in [0.717, 1.165) is 31.2 Å². The van der Waals surface area contributed by atoms with Crippen LogP contribution in [0.25, 0.3) is 0 Å². The monoisotopic (exact) mass is 532 g/mol. The normalized spacial score (nSPS) is 13.4. The van der Waals surface area contributed by atoms with E-state index >= 15 is 0 Å². The third kappa shape index (κ3) is 8.35. The molecule has 1 aliphatic carbocycles. The van der Waals surface area contributed by atoms with Gasteiger partial charge in [0.15, 0.2) is 0 Å². The van der Waals surface area contributed by atoms with E-state index in [2.05, 4.69) is 21.3 Å². The maximum absolute atomic E-state index is 12.7. The summed E-state index contributed by atoms with van der Waals surface area (Å²) in [6, 6.07) is 22.1. The Bertz CT molecular complexity index is 1240. The average Bonchev–Trinajstić information content (AvgIpc) is 2.93. The van der Waals surface area contributed by atoms with Crippen molar-refractivity contribution in [1.29, 1.82) is 0 Å². The minimum Gasteiger partial charge on any atom is -0.376 e. The second-order valence-electron chi connectivity index (χ2n) is 9.52. The Morgan fingerprint density at radius 3 is 2.08 bits per heavy atom. The number of anilines is 3. The fourth-order valence-electron chi connectivity index (χ4n) is 4.47. The lowest BCUT2D eigenvalue weighted by atomic mass is 9.95. The van der Waals surface area contributed by atoms with Crippen LogP contribution >= 0.6 is 11.6 Å². The maximum Gasteiger partial charge on any atom is 0.253 e. The molecule has 1 fully saturated rings. The standard InChI is InChI=1S/C30H33ClN4O3/c31-27-17-16-25(19-26(27)30(38)35-22-9-5-2-6-10-22)32-20-29(37)34-24-14-12-23(13-15-24)33-28(36)18-11-21-7-3-1-4-8-21/h1,3-4,7-8,12-17,19,22,32H,2,5-6,9-11,18,20H2,(H,33,36)(H,34,37)(H,35,38). The lowest BCUT2D eigenvalue weighted by Crippen LogP contribution is -2.36. The van der Waals surface area contributed by atoms with Gasteiger partial charge in [-0.05, 0) is 67.3 Å². The summed E-state index contributed by atoms with van der Waals surface area (Å²) in [5, 5.41) is 12.2. The Morgan fingerprint density at radius 1 is 0.763 bits per heavy atom. The number of halogens is 1. The van der Waals surface area contributed by atoms with Crippen LogP contribution in [0.3, 0.4) is 0 Å². The molecule has 8 heteroatoms. The van der Waals surface area contributed by atoms with E-state index in [1.807, 2.05) is 30.3 Å². The summed E-state index contributed by atoms with van der Waals surface area (Å²) in [4.78, 5) is 37.4. The fraction of sp³-hybridized carbons (Fsp3) is 0.300. The van der Waals surface area contributed by atoms with Crippen LogP contribution in [0.1, 0.15) is 54.4 Å². The molecule has 3 aromatic rings. The topological polar surface area (TPSA) is 99.3 Å². The quantitative estimate of drug-likeness (QED) is 0.256. The predicted octanol–water partition coefficient (Wildman–Crippen LogP) is 6.02. The first-order valence-corrected chi connectivity index (χ1v) is 13.4. The minimum atomic E-state index is -0.243. The molecule has 0 saturated heterocycles. The number of carbonyl (C=O) groups excluding carboxylic acids is 3. The lowest BCUT2D eigenvalue weighted by Gasteiger charge is -2.23. The van der Waals surface area contributed by atoms with E-state index in [1.54, 1.807) is 42.5 Å². The summed E-state index contributed by atoms with van der Waals surface area (Å²) < 4.78 is 0. The molecule has 198 valence electrons. The summed E-state index contributed by atoms with van der Waals surface area (Å²) >= 11 is 6.27. The predicted molar refractivity (Wildman–Crippen MR) is 153 cm³/mol. The smallest absolute Gasteiger partial charge is 0.253 e. The molecule has 1 aliphatic rings. The number of benzene rings is 3. The Hall–Kier alpha value is -3.84. The van der Waals surface area contributed by atoms with Crippen LogP contribution in [0.4, 0.5) is 17.1 Å².